The molecule has 0 aromatic rings. The van der Waals surface area contributed by atoms with Crippen LogP contribution >= 0.6 is 0 Å². The Balaban J connectivity index is 2.62. The third-order valence-corrected chi connectivity index (χ3v) is 2.10. The Morgan fingerprint density at radius 3 is 2.09 bits per heavy atom. The number of amides is 1. The predicted octanol–water partition coefficient (Wildman–Crippen LogP) is 0.230. The van der Waals surface area contributed by atoms with E-state index in [-0.39, 0.29) is 18.0 Å². The van der Waals surface area contributed by atoms with E-state index in [2.05, 4.69) is 5.32 Å². The molecule has 1 aliphatic heterocycles. The van der Waals surface area contributed by atoms with Crippen molar-refractivity contribution in [2.24, 2.45) is 0 Å². The molecular weight excluding hydrogens is 140 g/mol. The largest absolute Gasteiger partial charge is 0.335 e. The molecule has 0 aromatic carbocycles. The fourth-order valence-corrected chi connectivity index (χ4v) is 1.68. The van der Waals surface area contributed by atoms with E-state index in [1.54, 1.807) is 6.92 Å². The molecule has 0 bridgehead atoms. The van der Waals surface area contributed by atoms with Gasteiger partial charge in [0.05, 0.1) is 0 Å². The van der Waals surface area contributed by atoms with E-state index in [0.717, 1.165) is 13.1 Å². The van der Waals surface area contributed by atoms with Crippen LogP contribution in [0, 0.1) is 0 Å². The average molecular weight is 155 g/mol. The monoisotopic (exact) mass is 155 g/mol. The minimum Gasteiger partial charge on any atom is -0.335 e. The van der Waals surface area contributed by atoms with Crippen molar-refractivity contribution in [1.82, 2.24) is 10.2 Å². The Bertz CT molecular complexity index is 148. The molecule has 0 unspecified atom stereocenters. The van der Waals surface area contributed by atoms with E-state index in [1.165, 1.54) is 0 Å². The van der Waals surface area contributed by atoms with Crippen LogP contribution in [0.4, 0.5) is 0 Å². The number of nitrogens with zero attached hydrogens (tertiary/aromatic N) is 2. The number of hydrogen-bond acceptors (Lipinski definition) is 1. The lowest BCUT2D eigenvalue weighted by Crippen LogP contribution is -2.54. The number of hydrogen-bond donors (Lipinski definition) is 0. The quantitative estimate of drug-likeness (QED) is 0.493. The van der Waals surface area contributed by atoms with E-state index < -0.39 is 0 Å². The first-order chi connectivity index (χ1) is 5.13. The summed E-state index contributed by atoms with van der Waals surface area (Å²) >= 11 is 0. The molecule has 1 amide bonds. The van der Waals surface area contributed by atoms with Crippen LogP contribution in [-0.2, 0) is 4.79 Å². The molecule has 1 heterocycles. The molecule has 1 fully saturated rings. The molecule has 0 N–H and O–H groups in total. The number of carbonyl (C=O) groups is 1. The summed E-state index contributed by atoms with van der Waals surface area (Å²) in [7, 11) is 0. The van der Waals surface area contributed by atoms with Crippen LogP contribution in [-0.4, -0.2) is 36.0 Å². The fourth-order valence-electron chi connectivity index (χ4n) is 1.68. The van der Waals surface area contributed by atoms with Gasteiger partial charge >= 0.3 is 0 Å². The van der Waals surface area contributed by atoms with E-state index in [1.807, 2.05) is 18.7 Å². The lowest BCUT2D eigenvalue weighted by Gasteiger charge is -2.37. The van der Waals surface area contributed by atoms with Gasteiger partial charge in [0.2, 0.25) is 5.91 Å². The first-order valence-electron chi connectivity index (χ1n) is 4.05. The van der Waals surface area contributed by atoms with Crippen LogP contribution in [0.25, 0.3) is 0 Å². The van der Waals surface area contributed by atoms with Gasteiger partial charge in [-0.3, -0.25) is 4.79 Å². The highest BCUT2D eigenvalue weighted by Crippen LogP contribution is 2.09. The van der Waals surface area contributed by atoms with Crippen LogP contribution in [0.3, 0.4) is 0 Å². The first-order valence-corrected chi connectivity index (χ1v) is 4.05. The van der Waals surface area contributed by atoms with Crippen molar-refractivity contribution < 1.29 is 4.79 Å². The molecule has 3 heteroatoms. The second-order valence-corrected chi connectivity index (χ2v) is 3.21. The summed E-state index contributed by atoms with van der Waals surface area (Å²) in [5.41, 5.74) is 0. The standard InChI is InChI=1S/C8H15N2O/c1-6-4-9-5-7(2)10(6)8(3)11/h6-7H,4-5H2,1-3H3/t6-,7+. The number of carbonyl (C=O) groups excluding carboxylic acids is 1. The minimum absolute atomic E-state index is 0.167. The topological polar surface area (TPSA) is 34.4 Å². The molecule has 1 aliphatic rings. The Labute approximate surface area is 67.8 Å². The molecule has 1 radical (unpaired) electrons. The molecule has 0 spiro atoms. The van der Waals surface area contributed by atoms with Crippen molar-refractivity contribution in [2.75, 3.05) is 13.1 Å². The van der Waals surface area contributed by atoms with Crippen molar-refractivity contribution in [2.45, 2.75) is 32.9 Å². The highest BCUT2D eigenvalue weighted by molar-refractivity contribution is 5.74. The summed E-state index contributed by atoms with van der Waals surface area (Å²) in [4.78, 5) is 13.0. The summed E-state index contributed by atoms with van der Waals surface area (Å²) in [6.45, 7) is 7.30. The smallest absolute Gasteiger partial charge is 0.220 e. The van der Waals surface area contributed by atoms with E-state index in [4.69, 9.17) is 0 Å². The molecule has 1 saturated heterocycles. The maximum absolute atomic E-state index is 11.1. The molecule has 0 aliphatic carbocycles. The molecule has 0 saturated carbocycles. The maximum atomic E-state index is 11.1. The molecule has 0 aromatic heterocycles. The second-order valence-electron chi connectivity index (χ2n) is 3.21. The molecular formula is C8H15N2O. The Kier molecular flexibility index (Phi) is 2.49. The van der Waals surface area contributed by atoms with Crippen LogP contribution in [0.15, 0.2) is 0 Å². The third kappa shape index (κ3) is 1.71. The van der Waals surface area contributed by atoms with E-state index >= 15 is 0 Å². The van der Waals surface area contributed by atoms with Crippen LogP contribution in [0.2, 0.25) is 0 Å². The van der Waals surface area contributed by atoms with Gasteiger partial charge in [-0.15, -0.1) is 0 Å². The average Bonchev–Trinajstić information content (AvgIpc) is 1.85. The van der Waals surface area contributed by atoms with Gasteiger partial charge in [0.1, 0.15) is 0 Å². The highest BCUT2D eigenvalue weighted by atomic mass is 16.2. The molecule has 63 valence electrons. The van der Waals surface area contributed by atoms with Gasteiger partial charge in [-0.05, 0) is 13.8 Å². The summed E-state index contributed by atoms with van der Waals surface area (Å²) < 4.78 is 0. The summed E-state index contributed by atoms with van der Waals surface area (Å²) in [5, 5.41) is 4.28. The highest BCUT2D eigenvalue weighted by Gasteiger charge is 2.26. The van der Waals surface area contributed by atoms with Crippen molar-refractivity contribution in [1.29, 1.82) is 0 Å². The maximum Gasteiger partial charge on any atom is 0.220 e. The van der Waals surface area contributed by atoms with Crippen LogP contribution in [0.5, 0.6) is 0 Å². The predicted molar refractivity (Wildman–Crippen MR) is 43.3 cm³/mol. The first kappa shape index (κ1) is 8.53. The van der Waals surface area contributed by atoms with E-state index in [9.17, 15) is 4.79 Å². The van der Waals surface area contributed by atoms with Crippen LogP contribution < -0.4 is 5.32 Å². The van der Waals surface area contributed by atoms with Crippen molar-refractivity contribution in [3.8, 4) is 0 Å². The summed E-state index contributed by atoms with van der Waals surface area (Å²) in [6, 6.07) is 0.576. The van der Waals surface area contributed by atoms with Gasteiger partial charge in [0, 0.05) is 32.1 Å². The van der Waals surface area contributed by atoms with Gasteiger partial charge in [0.15, 0.2) is 0 Å². The van der Waals surface area contributed by atoms with Gasteiger partial charge in [0.25, 0.3) is 0 Å². The lowest BCUT2D eigenvalue weighted by molar-refractivity contribution is -0.134. The molecule has 2 atom stereocenters. The van der Waals surface area contributed by atoms with E-state index in [0.29, 0.717) is 0 Å². The minimum atomic E-state index is 0.167. The summed E-state index contributed by atoms with van der Waals surface area (Å²) in [5.74, 6) is 0.167. The fraction of sp³-hybridized carbons (Fsp3) is 0.875. The number of piperazine rings is 1. The SMILES string of the molecule is CC(=O)N1[C@H](C)C[N]C[C@@H]1C. The zero-order valence-electron chi connectivity index (χ0n) is 7.37. The Morgan fingerprint density at radius 2 is 1.82 bits per heavy atom. The molecule has 11 heavy (non-hydrogen) atoms. The third-order valence-electron chi connectivity index (χ3n) is 2.10. The van der Waals surface area contributed by atoms with Crippen LogP contribution in [0.1, 0.15) is 20.8 Å². The normalized spacial score (nSPS) is 32.1. The second kappa shape index (κ2) is 3.22. The Morgan fingerprint density at radius 1 is 1.36 bits per heavy atom. The summed E-state index contributed by atoms with van der Waals surface area (Å²) in [6.07, 6.45) is 0. The van der Waals surface area contributed by atoms with Gasteiger partial charge < -0.3 is 4.90 Å². The van der Waals surface area contributed by atoms with Crippen molar-refractivity contribution in [3.63, 3.8) is 0 Å². The van der Waals surface area contributed by atoms with Gasteiger partial charge in [-0.1, -0.05) is 0 Å². The molecule has 3 nitrogen and oxygen atoms in total. The molecule has 1 rings (SSSR count). The number of rotatable bonds is 0. The van der Waals surface area contributed by atoms with Crippen molar-refractivity contribution in [3.05, 3.63) is 0 Å². The zero-order chi connectivity index (χ0) is 8.43. The van der Waals surface area contributed by atoms with Crippen molar-refractivity contribution >= 4 is 5.91 Å². The van der Waals surface area contributed by atoms with Gasteiger partial charge in [-0.2, -0.15) is 0 Å². The van der Waals surface area contributed by atoms with Gasteiger partial charge in [-0.25, -0.2) is 5.32 Å². The zero-order valence-corrected chi connectivity index (χ0v) is 7.37. The Hall–Kier alpha value is -0.570. The lowest BCUT2D eigenvalue weighted by atomic mass is 10.1.